The molecule has 2 fully saturated rings. The zero-order valence-electron chi connectivity index (χ0n) is 17.9. The van der Waals surface area contributed by atoms with Crippen LogP contribution in [0.25, 0.3) is 5.65 Å². The van der Waals surface area contributed by atoms with Crippen LogP contribution in [0.4, 0.5) is 0 Å². The second kappa shape index (κ2) is 7.11. The van der Waals surface area contributed by atoms with Gasteiger partial charge >= 0.3 is 0 Å². The van der Waals surface area contributed by atoms with Crippen molar-refractivity contribution in [3.8, 4) is 0 Å². The number of carbonyl (C=O) groups is 2. The Bertz CT molecular complexity index is 936. The van der Waals surface area contributed by atoms with Crippen molar-refractivity contribution >= 4 is 17.5 Å². The van der Waals surface area contributed by atoms with Crippen molar-refractivity contribution in [2.45, 2.75) is 70.8 Å². The van der Waals surface area contributed by atoms with Crippen molar-refractivity contribution in [3.63, 3.8) is 0 Å². The first kappa shape index (κ1) is 19.9. The van der Waals surface area contributed by atoms with Gasteiger partial charge in [0.25, 0.3) is 5.91 Å². The summed E-state index contributed by atoms with van der Waals surface area (Å²) >= 11 is 0. The molecule has 7 nitrogen and oxygen atoms in total. The van der Waals surface area contributed by atoms with Gasteiger partial charge in [0.2, 0.25) is 5.91 Å². The average Bonchev–Trinajstić information content (AvgIpc) is 3.11. The highest BCUT2D eigenvalue weighted by atomic mass is 16.2. The van der Waals surface area contributed by atoms with Crippen molar-refractivity contribution in [1.29, 1.82) is 0 Å². The molecule has 1 aliphatic heterocycles. The van der Waals surface area contributed by atoms with Crippen molar-refractivity contribution in [2.24, 2.45) is 0 Å². The van der Waals surface area contributed by atoms with Crippen molar-refractivity contribution < 1.29 is 9.59 Å². The van der Waals surface area contributed by atoms with Crippen LogP contribution in [0, 0.1) is 0 Å². The number of rotatable bonds is 1. The summed E-state index contributed by atoms with van der Waals surface area (Å²) in [5, 5.41) is 8.56. The largest absolute Gasteiger partial charge is 0.334 e. The second-order valence-corrected chi connectivity index (χ2v) is 9.60. The number of fused-ring (bicyclic) bond motifs is 1. The molecule has 0 radical (unpaired) electrons. The van der Waals surface area contributed by atoms with Crippen LogP contribution < -0.4 is 0 Å². The molecular weight excluding hydrogens is 366 g/mol. The van der Waals surface area contributed by atoms with Gasteiger partial charge in [0.05, 0.1) is 11.1 Å². The summed E-state index contributed by atoms with van der Waals surface area (Å²) in [4.78, 5) is 29.6. The van der Waals surface area contributed by atoms with E-state index < -0.39 is 0 Å². The van der Waals surface area contributed by atoms with E-state index in [1.54, 1.807) is 6.92 Å². The monoisotopic (exact) mass is 397 g/mol. The molecule has 156 valence electrons. The van der Waals surface area contributed by atoms with E-state index in [4.69, 9.17) is 0 Å². The maximum Gasteiger partial charge on any atom is 0.255 e. The fourth-order valence-electron chi connectivity index (χ4n) is 4.99. The standard InChI is InChI=1S/C22H31N5O2/c1-16(28)27-13-12-25(15-22(27)10-6-5-7-11-22)19(29)17-8-9-18-23-24-20(21(2,3)4)26(18)14-17/h8-9,14H,5-7,10-13,15H2,1-4H3. The quantitative estimate of drug-likeness (QED) is 0.742. The Morgan fingerprint density at radius 1 is 1.03 bits per heavy atom. The van der Waals surface area contributed by atoms with Gasteiger partial charge in [0, 0.05) is 38.2 Å². The first-order chi connectivity index (χ1) is 13.7. The van der Waals surface area contributed by atoms with Crippen molar-refractivity contribution in [2.75, 3.05) is 19.6 Å². The summed E-state index contributed by atoms with van der Waals surface area (Å²) in [5.41, 5.74) is 1.02. The van der Waals surface area contributed by atoms with E-state index in [2.05, 4.69) is 31.0 Å². The summed E-state index contributed by atoms with van der Waals surface area (Å²) in [6.45, 7) is 9.73. The number of aromatic nitrogens is 3. The third-order valence-corrected chi connectivity index (χ3v) is 6.42. The van der Waals surface area contributed by atoms with E-state index in [0.717, 1.165) is 37.2 Å². The highest BCUT2D eigenvalue weighted by molar-refractivity contribution is 5.94. The number of amides is 2. The Hall–Kier alpha value is -2.44. The predicted octanol–water partition coefficient (Wildman–Crippen LogP) is 3.03. The highest BCUT2D eigenvalue weighted by Gasteiger charge is 2.44. The number of hydrogen-bond donors (Lipinski definition) is 0. The molecule has 0 bridgehead atoms. The Morgan fingerprint density at radius 2 is 1.76 bits per heavy atom. The summed E-state index contributed by atoms with van der Waals surface area (Å²) in [6.07, 6.45) is 7.27. The van der Waals surface area contributed by atoms with Gasteiger partial charge < -0.3 is 9.80 Å². The van der Waals surface area contributed by atoms with E-state index in [-0.39, 0.29) is 22.8 Å². The molecule has 2 amide bonds. The number of nitrogens with zero attached hydrogens (tertiary/aromatic N) is 5. The normalized spacial score (nSPS) is 19.7. The number of carbonyl (C=O) groups excluding carboxylic acids is 2. The van der Waals surface area contributed by atoms with Crippen LogP contribution in [0.1, 0.15) is 76.0 Å². The summed E-state index contributed by atoms with van der Waals surface area (Å²) < 4.78 is 1.93. The lowest BCUT2D eigenvalue weighted by Gasteiger charge is -2.52. The fraction of sp³-hybridized carbons (Fsp3) is 0.636. The van der Waals surface area contributed by atoms with Crippen molar-refractivity contribution in [1.82, 2.24) is 24.4 Å². The minimum absolute atomic E-state index is 0.0219. The molecule has 3 heterocycles. The Kier molecular flexibility index (Phi) is 4.87. The highest BCUT2D eigenvalue weighted by Crippen LogP contribution is 2.37. The van der Waals surface area contributed by atoms with E-state index in [1.165, 1.54) is 6.42 Å². The van der Waals surface area contributed by atoms with Gasteiger partial charge in [0.15, 0.2) is 5.65 Å². The molecule has 0 atom stereocenters. The van der Waals surface area contributed by atoms with Gasteiger partial charge in [-0.1, -0.05) is 40.0 Å². The molecule has 0 N–H and O–H groups in total. The molecule has 0 unspecified atom stereocenters. The van der Waals surface area contributed by atoms with Gasteiger partial charge in [0.1, 0.15) is 5.82 Å². The summed E-state index contributed by atoms with van der Waals surface area (Å²) in [5.74, 6) is 0.987. The molecule has 4 rings (SSSR count). The van der Waals surface area contributed by atoms with Gasteiger partial charge in [-0.25, -0.2) is 0 Å². The summed E-state index contributed by atoms with van der Waals surface area (Å²) in [7, 11) is 0. The molecule has 2 aromatic heterocycles. The minimum Gasteiger partial charge on any atom is -0.334 e. The minimum atomic E-state index is -0.199. The maximum atomic E-state index is 13.4. The summed E-state index contributed by atoms with van der Waals surface area (Å²) in [6, 6.07) is 3.70. The van der Waals surface area contributed by atoms with Crippen LogP contribution in [0.2, 0.25) is 0 Å². The van der Waals surface area contributed by atoms with Crippen molar-refractivity contribution in [3.05, 3.63) is 29.7 Å². The number of hydrogen-bond acceptors (Lipinski definition) is 4. The third-order valence-electron chi connectivity index (χ3n) is 6.42. The van der Waals surface area contributed by atoms with E-state index >= 15 is 0 Å². The van der Waals surface area contributed by atoms with Crippen LogP contribution in [0.15, 0.2) is 18.3 Å². The van der Waals surface area contributed by atoms with E-state index in [0.29, 0.717) is 25.2 Å². The third kappa shape index (κ3) is 3.51. The molecule has 1 aliphatic carbocycles. The van der Waals surface area contributed by atoms with Crippen LogP contribution >= 0.6 is 0 Å². The Balaban J connectivity index is 1.63. The molecule has 0 aromatic carbocycles. The SMILES string of the molecule is CC(=O)N1CCN(C(=O)c2ccc3nnc(C(C)(C)C)n3c2)CC12CCCCC2. The predicted molar refractivity (Wildman–Crippen MR) is 111 cm³/mol. The lowest BCUT2D eigenvalue weighted by molar-refractivity contribution is -0.141. The first-order valence-corrected chi connectivity index (χ1v) is 10.6. The van der Waals surface area contributed by atoms with Gasteiger partial charge in [-0.15, -0.1) is 10.2 Å². The van der Waals surface area contributed by atoms with E-state index in [1.807, 2.05) is 32.5 Å². The van der Waals surface area contributed by atoms with Crippen LogP contribution in [0.5, 0.6) is 0 Å². The molecule has 2 aromatic rings. The van der Waals surface area contributed by atoms with Crippen LogP contribution in [-0.2, 0) is 10.2 Å². The topological polar surface area (TPSA) is 70.8 Å². The number of pyridine rings is 1. The lowest BCUT2D eigenvalue weighted by atomic mass is 9.78. The van der Waals surface area contributed by atoms with Gasteiger partial charge in [-0.3, -0.25) is 14.0 Å². The maximum absolute atomic E-state index is 13.4. The zero-order valence-corrected chi connectivity index (χ0v) is 17.9. The van der Waals surface area contributed by atoms with Crippen LogP contribution in [0.3, 0.4) is 0 Å². The Labute approximate surface area is 172 Å². The second-order valence-electron chi connectivity index (χ2n) is 9.60. The molecule has 1 saturated carbocycles. The van der Waals surface area contributed by atoms with Gasteiger partial charge in [-0.05, 0) is 25.0 Å². The average molecular weight is 398 g/mol. The molecule has 29 heavy (non-hydrogen) atoms. The number of piperazine rings is 1. The molecule has 2 aliphatic rings. The lowest BCUT2D eigenvalue weighted by Crippen LogP contribution is -2.65. The Morgan fingerprint density at radius 3 is 2.41 bits per heavy atom. The smallest absolute Gasteiger partial charge is 0.255 e. The molecule has 1 spiro atoms. The van der Waals surface area contributed by atoms with E-state index in [9.17, 15) is 9.59 Å². The van der Waals surface area contributed by atoms with Gasteiger partial charge in [-0.2, -0.15) is 0 Å². The zero-order chi connectivity index (χ0) is 20.8. The molecule has 1 saturated heterocycles. The van der Waals surface area contributed by atoms with Crippen LogP contribution in [-0.4, -0.2) is 61.4 Å². The fourth-order valence-corrected chi connectivity index (χ4v) is 4.99. The molecular formula is C22H31N5O2. The molecule has 7 heteroatoms. The first-order valence-electron chi connectivity index (χ1n) is 10.6.